The van der Waals surface area contributed by atoms with E-state index in [1.165, 1.54) is 54.6 Å². The summed E-state index contributed by atoms with van der Waals surface area (Å²) in [5.41, 5.74) is 0.0285. The number of halogens is 1. The molecule has 10 heteroatoms. The van der Waals surface area contributed by atoms with Gasteiger partial charge >= 0.3 is 16.1 Å². The van der Waals surface area contributed by atoms with Gasteiger partial charge in [0.25, 0.3) is 11.8 Å². The molecule has 0 spiro atoms. The van der Waals surface area contributed by atoms with Gasteiger partial charge in [0.1, 0.15) is 16.2 Å². The summed E-state index contributed by atoms with van der Waals surface area (Å²) < 4.78 is 29.7. The molecule has 0 aromatic heterocycles. The van der Waals surface area contributed by atoms with Crippen LogP contribution in [0.4, 0.5) is 4.79 Å². The highest BCUT2D eigenvalue weighted by Crippen LogP contribution is 2.22. The van der Waals surface area contributed by atoms with Crippen LogP contribution < -0.4 is 14.8 Å². The summed E-state index contributed by atoms with van der Waals surface area (Å²) in [6.45, 7) is 0. The minimum absolute atomic E-state index is 0.0213. The molecule has 1 fully saturated rings. The molecule has 138 valence electrons. The molecule has 1 aliphatic heterocycles. The second-order valence-corrected chi connectivity index (χ2v) is 7.34. The lowest BCUT2D eigenvalue weighted by molar-refractivity contribution is -0.123. The molecule has 4 amide bonds. The normalized spacial score (nSPS) is 14.4. The van der Waals surface area contributed by atoms with Gasteiger partial charge in [-0.2, -0.15) is 8.42 Å². The van der Waals surface area contributed by atoms with Crippen molar-refractivity contribution in [3.8, 4) is 5.75 Å². The number of urea groups is 1. The Labute approximate surface area is 158 Å². The lowest BCUT2D eigenvalue weighted by Crippen LogP contribution is -2.51. The number of carbonyl (C=O) groups excluding carboxylic acids is 3. The molecule has 2 aromatic rings. The van der Waals surface area contributed by atoms with Gasteiger partial charge in [0.15, 0.2) is 0 Å². The van der Waals surface area contributed by atoms with Crippen molar-refractivity contribution in [1.82, 2.24) is 10.6 Å². The van der Waals surface area contributed by atoms with Crippen molar-refractivity contribution in [2.75, 3.05) is 0 Å². The quantitative estimate of drug-likeness (QED) is 0.454. The highest BCUT2D eigenvalue weighted by molar-refractivity contribution is 7.87. The summed E-state index contributed by atoms with van der Waals surface area (Å²) in [5.74, 6) is -1.74. The largest absolute Gasteiger partial charge is 0.379 e. The van der Waals surface area contributed by atoms with Crippen LogP contribution in [0.1, 0.15) is 5.56 Å². The van der Waals surface area contributed by atoms with Gasteiger partial charge in [-0.1, -0.05) is 23.7 Å². The summed E-state index contributed by atoms with van der Waals surface area (Å²) in [4.78, 5) is 34.5. The van der Waals surface area contributed by atoms with Gasteiger partial charge in [0.05, 0.1) is 0 Å². The van der Waals surface area contributed by atoms with E-state index in [1.54, 1.807) is 0 Å². The summed E-state index contributed by atoms with van der Waals surface area (Å²) >= 11 is 5.74. The summed E-state index contributed by atoms with van der Waals surface area (Å²) in [7, 11) is -4.09. The molecule has 27 heavy (non-hydrogen) atoms. The van der Waals surface area contributed by atoms with Crippen LogP contribution >= 0.6 is 11.6 Å². The SMILES string of the molecule is O=C1NC(=O)C(=Cc2cccc(OS(=O)(=O)c3ccc(Cl)cc3)c2)C(=O)N1. The zero-order chi connectivity index (χ0) is 19.6. The van der Waals surface area contributed by atoms with Gasteiger partial charge in [-0.15, -0.1) is 0 Å². The van der Waals surface area contributed by atoms with Crippen molar-refractivity contribution in [3.05, 3.63) is 64.7 Å². The van der Waals surface area contributed by atoms with E-state index in [-0.39, 0.29) is 16.2 Å². The minimum atomic E-state index is -4.09. The number of hydrogen-bond donors (Lipinski definition) is 2. The fraction of sp³-hybridized carbons (Fsp3) is 0. The molecule has 0 saturated carbocycles. The van der Waals surface area contributed by atoms with E-state index in [4.69, 9.17) is 15.8 Å². The molecule has 2 N–H and O–H groups in total. The third-order valence-corrected chi connectivity index (χ3v) is 4.93. The van der Waals surface area contributed by atoms with Crippen LogP contribution in [0.5, 0.6) is 5.75 Å². The first-order valence-electron chi connectivity index (χ1n) is 7.43. The van der Waals surface area contributed by atoms with Crippen LogP contribution in [-0.2, 0) is 19.7 Å². The fourth-order valence-electron chi connectivity index (χ4n) is 2.21. The number of nitrogens with one attached hydrogen (secondary N) is 2. The average Bonchev–Trinajstić information content (AvgIpc) is 2.58. The van der Waals surface area contributed by atoms with E-state index in [9.17, 15) is 22.8 Å². The highest BCUT2D eigenvalue weighted by Gasteiger charge is 2.27. The monoisotopic (exact) mass is 406 g/mol. The molecule has 0 aliphatic carbocycles. The minimum Gasteiger partial charge on any atom is -0.379 e. The lowest BCUT2D eigenvalue weighted by Gasteiger charge is -2.14. The maximum absolute atomic E-state index is 12.3. The highest BCUT2D eigenvalue weighted by atomic mass is 35.5. The number of rotatable bonds is 4. The van der Waals surface area contributed by atoms with E-state index >= 15 is 0 Å². The molecule has 1 heterocycles. The maximum atomic E-state index is 12.3. The number of hydrogen-bond acceptors (Lipinski definition) is 6. The maximum Gasteiger partial charge on any atom is 0.339 e. The second-order valence-electron chi connectivity index (χ2n) is 5.36. The fourth-order valence-corrected chi connectivity index (χ4v) is 3.25. The van der Waals surface area contributed by atoms with Crippen LogP contribution in [0.2, 0.25) is 5.02 Å². The zero-order valence-electron chi connectivity index (χ0n) is 13.4. The van der Waals surface area contributed by atoms with Crippen molar-refractivity contribution >= 4 is 45.6 Å². The average molecular weight is 407 g/mol. The number of imide groups is 2. The van der Waals surface area contributed by atoms with E-state index < -0.39 is 28.0 Å². The van der Waals surface area contributed by atoms with Crippen LogP contribution in [0, 0.1) is 0 Å². The predicted molar refractivity (Wildman–Crippen MR) is 95.4 cm³/mol. The Morgan fingerprint density at radius 2 is 1.56 bits per heavy atom. The van der Waals surface area contributed by atoms with E-state index in [0.717, 1.165) is 0 Å². The van der Waals surface area contributed by atoms with Gasteiger partial charge in [-0.25, -0.2) is 4.79 Å². The first-order valence-corrected chi connectivity index (χ1v) is 9.22. The number of amides is 4. The first-order chi connectivity index (χ1) is 12.7. The molecule has 0 radical (unpaired) electrons. The molecule has 0 bridgehead atoms. The smallest absolute Gasteiger partial charge is 0.339 e. The van der Waals surface area contributed by atoms with Crippen LogP contribution in [0.25, 0.3) is 6.08 Å². The summed E-state index contributed by atoms with van der Waals surface area (Å²) in [6.07, 6.45) is 1.21. The van der Waals surface area contributed by atoms with Gasteiger partial charge in [0.2, 0.25) is 0 Å². The Hall–Kier alpha value is -3.17. The molecule has 3 rings (SSSR count). The van der Waals surface area contributed by atoms with Crippen LogP contribution in [0.3, 0.4) is 0 Å². The Bertz CT molecular complexity index is 1050. The summed E-state index contributed by atoms with van der Waals surface area (Å²) in [5, 5.41) is 4.27. The van der Waals surface area contributed by atoms with Crippen LogP contribution in [-0.4, -0.2) is 26.3 Å². The zero-order valence-corrected chi connectivity index (χ0v) is 15.0. The first kappa shape index (κ1) is 18.6. The molecule has 8 nitrogen and oxygen atoms in total. The Balaban J connectivity index is 1.87. The van der Waals surface area contributed by atoms with Gasteiger partial charge in [-0.05, 0) is 48.0 Å². The van der Waals surface area contributed by atoms with Crippen molar-refractivity contribution in [3.63, 3.8) is 0 Å². The Morgan fingerprint density at radius 1 is 0.926 bits per heavy atom. The second kappa shape index (κ2) is 7.22. The van der Waals surface area contributed by atoms with Crippen molar-refractivity contribution in [2.24, 2.45) is 0 Å². The van der Waals surface area contributed by atoms with Crippen molar-refractivity contribution < 1.29 is 27.0 Å². The lowest BCUT2D eigenvalue weighted by atomic mass is 10.1. The number of carbonyl (C=O) groups is 3. The molecule has 0 unspecified atom stereocenters. The van der Waals surface area contributed by atoms with Crippen molar-refractivity contribution in [2.45, 2.75) is 4.90 Å². The third kappa shape index (κ3) is 4.33. The van der Waals surface area contributed by atoms with Gasteiger partial charge in [0, 0.05) is 5.02 Å². The van der Waals surface area contributed by atoms with Gasteiger partial charge < -0.3 is 4.18 Å². The molecule has 0 atom stereocenters. The Kier molecular flexibility index (Phi) is 4.98. The van der Waals surface area contributed by atoms with E-state index in [1.807, 2.05) is 10.6 Å². The third-order valence-electron chi connectivity index (χ3n) is 3.42. The van der Waals surface area contributed by atoms with Crippen LogP contribution in [0.15, 0.2) is 59.0 Å². The van der Waals surface area contributed by atoms with E-state index in [0.29, 0.717) is 10.6 Å². The predicted octanol–water partition coefficient (Wildman–Crippen LogP) is 1.86. The topological polar surface area (TPSA) is 119 Å². The number of benzene rings is 2. The molecule has 1 aliphatic rings. The number of barbiturate groups is 1. The molecular formula is C17H11ClN2O6S. The van der Waals surface area contributed by atoms with Gasteiger partial charge in [-0.3, -0.25) is 20.2 Å². The molecule has 1 saturated heterocycles. The Morgan fingerprint density at radius 3 is 2.19 bits per heavy atom. The standard InChI is InChI=1S/C17H11ClN2O6S/c18-11-4-6-13(7-5-11)27(24,25)26-12-3-1-2-10(8-12)9-14-15(21)19-17(23)20-16(14)22/h1-9H,(H2,19,20,21,22,23). The molecular weight excluding hydrogens is 396 g/mol. The van der Waals surface area contributed by atoms with E-state index in [2.05, 4.69) is 0 Å². The summed E-state index contributed by atoms with van der Waals surface area (Å²) in [6, 6.07) is 10.3. The van der Waals surface area contributed by atoms with Crippen molar-refractivity contribution in [1.29, 1.82) is 0 Å². The molecule has 2 aromatic carbocycles.